The molecule has 12 aromatic rings. The van der Waals surface area contributed by atoms with E-state index in [2.05, 4.69) is 206 Å². The lowest BCUT2D eigenvalue weighted by molar-refractivity contribution is 0.669. The Morgan fingerprint density at radius 2 is 0.850 bits per heavy atom. The second-order valence-electron chi connectivity index (χ2n) is 18.6. The molecular formula is C54H44N2OSSi2. The molecule has 0 bridgehead atoms. The highest BCUT2D eigenvalue weighted by Gasteiger charge is 2.24. The summed E-state index contributed by atoms with van der Waals surface area (Å²) in [6.45, 7) is 14.7. The molecule has 3 nitrogen and oxygen atoms in total. The number of benzene rings is 8. The van der Waals surface area contributed by atoms with Crippen LogP contribution in [0.15, 0.2) is 162 Å². The van der Waals surface area contributed by atoms with E-state index in [-0.39, 0.29) is 0 Å². The SMILES string of the molecule is C[Si](C)(C)c1ccc2c(c1)c1cc(-c3ccc4c(c3)c3cc([Si](C)(C)C)ccc3n4-c3cccc4sc5ccccc5c34)ccc1n2-c1cccc2oc3ccccc3c12. The van der Waals surface area contributed by atoms with Crippen molar-refractivity contribution >= 4 is 124 Å². The van der Waals surface area contributed by atoms with Crippen LogP contribution >= 0.6 is 11.3 Å². The zero-order chi connectivity index (χ0) is 40.7. The van der Waals surface area contributed by atoms with E-state index < -0.39 is 16.1 Å². The third kappa shape index (κ3) is 5.24. The number of thiophene rings is 1. The minimum Gasteiger partial charge on any atom is -0.456 e. The first-order valence-electron chi connectivity index (χ1n) is 21.0. The van der Waals surface area contributed by atoms with Crippen LogP contribution in [0.1, 0.15) is 0 Å². The Labute approximate surface area is 354 Å². The first-order valence-corrected chi connectivity index (χ1v) is 28.8. The molecule has 6 heteroatoms. The third-order valence-electron chi connectivity index (χ3n) is 12.8. The Morgan fingerprint density at radius 3 is 1.45 bits per heavy atom. The molecule has 0 N–H and O–H groups in total. The molecule has 0 atom stereocenters. The number of hydrogen-bond donors (Lipinski definition) is 0. The first-order chi connectivity index (χ1) is 29.0. The average Bonchev–Trinajstić information content (AvgIpc) is 4.00. The molecule has 0 aliphatic heterocycles. The van der Waals surface area contributed by atoms with Crippen molar-refractivity contribution in [3.63, 3.8) is 0 Å². The summed E-state index contributed by atoms with van der Waals surface area (Å²) in [6, 6.07) is 59.3. The Balaban J connectivity index is 1.12. The van der Waals surface area contributed by atoms with Crippen LogP contribution in [0.3, 0.4) is 0 Å². The lowest BCUT2D eigenvalue weighted by Crippen LogP contribution is -2.37. The molecule has 12 rings (SSSR count). The molecule has 0 amide bonds. The zero-order valence-corrected chi connectivity index (χ0v) is 37.5. The Kier molecular flexibility index (Phi) is 7.54. The van der Waals surface area contributed by atoms with Gasteiger partial charge in [-0.2, -0.15) is 0 Å². The number of nitrogens with zero attached hydrogens (tertiary/aromatic N) is 2. The van der Waals surface area contributed by atoms with Crippen LogP contribution in [0.5, 0.6) is 0 Å². The smallest absolute Gasteiger partial charge is 0.137 e. The molecule has 0 aliphatic rings. The van der Waals surface area contributed by atoms with E-state index in [9.17, 15) is 0 Å². The maximum atomic E-state index is 6.41. The van der Waals surface area contributed by atoms with Gasteiger partial charge in [-0.15, -0.1) is 11.3 Å². The highest BCUT2D eigenvalue weighted by Crippen LogP contribution is 2.43. The molecule has 0 fully saturated rings. The molecule has 0 saturated carbocycles. The molecule has 0 unspecified atom stereocenters. The van der Waals surface area contributed by atoms with Gasteiger partial charge in [-0.1, -0.05) is 135 Å². The summed E-state index contributed by atoms with van der Waals surface area (Å²) in [7, 11) is -3.20. The number of aromatic nitrogens is 2. The monoisotopic (exact) mass is 824 g/mol. The fraction of sp³-hybridized carbons (Fsp3) is 0.111. The van der Waals surface area contributed by atoms with Crippen LogP contribution in [0, 0.1) is 0 Å². The molecule has 4 heterocycles. The molecule has 8 aromatic carbocycles. The summed E-state index contributed by atoms with van der Waals surface area (Å²) < 4.78 is 14.0. The van der Waals surface area contributed by atoms with E-state index >= 15 is 0 Å². The predicted octanol–water partition coefficient (Wildman–Crippen LogP) is 14.9. The Bertz CT molecular complexity index is 3510. The highest BCUT2D eigenvalue weighted by molar-refractivity contribution is 7.25. The standard InChI is InChI=1S/C54H44N2OSSi2/c1-59(2,3)35-23-27-45-41(31-35)39-29-33(21-25-43(39)55(45)47-15-11-18-50-53(47)37-13-7-9-17-49(37)57-50)34-22-26-44-40(30-34)42-32-36(60(4,5)6)24-28-46(42)56(44)48-16-12-20-52-54(48)38-14-8-10-19-51(38)58-52/h7-32H,1-6H3. The van der Waals surface area contributed by atoms with Crippen molar-refractivity contribution in [3.05, 3.63) is 158 Å². The van der Waals surface area contributed by atoms with Gasteiger partial charge in [0.2, 0.25) is 0 Å². The molecule has 0 radical (unpaired) electrons. The molecule has 0 saturated heterocycles. The fourth-order valence-corrected chi connectivity index (χ4v) is 13.2. The molecule has 4 aromatic heterocycles. The van der Waals surface area contributed by atoms with Crippen LogP contribution < -0.4 is 10.4 Å². The molecule has 60 heavy (non-hydrogen) atoms. The summed E-state index contributed by atoms with van der Waals surface area (Å²) in [5.74, 6) is 0. The van der Waals surface area contributed by atoms with Gasteiger partial charge in [0.25, 0.3) is 0 Å². The average molecular weight is 825 g/mol. The van der Waals surface area contributed by atoms with Gasteiger partial charge in [0.1, 0.15) is 11.2 Å². The summed E-state index contributed by atoms with van der Waals surface area (Å²) >= 11 is 1.88. The van der Waals surface area contributed by atoms with Crippen LogP contribution in [-0.4, -0.2) is 25.3 Å². The lowest BCUT2D eigenvalue weighted by atomic mass is 10.0. The van der Waals surface area contributed by atoms with E-state index in [1.165, 1.54) is 91.0 Å². The quantitative estimate of drug-likeness (QED) is 0.159. The fourth-order valence-electron chi connectivity index (χ4n) is 9.74. The number of fused-ring (bicyclic) bond motifs is 12. The Morgan fingerprint density at radius 1 is 0.383 bits per heavy atom. The highest BCUT2D eigenvalue weighted by atomic mass is 32.1. The van der Waals surface area contributed by atoms with Crippen molar-refractivity contribution in [2.45, 2.75) is 39.3 Å². The minimum absolute atomic E-state index is 0.909. The van der Waals surface area contributed by atoms with Gasteiger partial charge in [0.15, 0.2) is 0 Å². The maximum absolute atomic E-state index is 6.41. The van der Waals surface area contributed by atoms with Crippen molar-refractivity contribution in [2.24, 2.45) is 0 Å². The maximum Gasteiger partial charge on any atom is 0.137 e. The largest absolute Gasteiger partial charge is 0.456 e. The Hall–Kier alpha value is -6.19. The van der Waals surface area contributed by atoms with Crippen LogP contribution in [0.25, 0.3) is 108 Å². The van der Waals surface area contributed by atoms with Crippen LogP contribution in [-0.2, 0) is 0 Å². The first kappa shape index (κ1) is 35.7. The minimum atomic E-state index is -1.61. The van der Waals surface area contributed by atoms with Gasteiger partial charge < -0.3 is 13.6 Å². The summed E-state index contributed by atoms with van der Waals surface area (Å²) in [5.41, 5.74) is 11.6. The predicted molar refractivity (Wildman–Crippen MR) is 267 cm³/mol. The van der Waals surface area contributed by atoms with E-state index in [1.54, 1.807) is 0 Å². The molecule has 0 aliphatic carbocycles. The van der Waals surface area contributed by atoms with E-state index in [1.807, 2.05) is 11.3 Å². The topological polar surface area (TPSA) is 23.0 Å². The van der Waals surface area contributed by atoms with Crippen LogP contribution in [0.2, 0.25) is 39.3 Å². The van der Waals surface area contributed by atoms with Gasteiger partial charge in [-0.3, -0.25) is 0 Å². The van der Waals surface area contributed by atoms with Crippen molar-refractivity contribution < 1.29 is 4.42 Å². The second kappa shape index (κ2) is 12.7. The van der Waals surface area contributed by atoms with Crippen molar-refractivity contribution in [3.8, 4) is 22.5 Å². The van der Waals surface area contributed by atoms with Gasteiger partial charge in [-0.05, 0) is 83.9 Å². The van der Waals surface area contributed by atoms with Crippen molar-refractivity contribution in [1.82, 2.24) is 9.13 Å². The number of hydrogen-bond acceptors (Lipinski definition) is 2. The number of rotatable bonds is 5. The van der Waals surface area contributed by atoms with Gasteiger partial charge in [-0.25, -0.2) is 0 Å². The third-order valence-corrected chi connectivity index (χ3v) is 18.1. The van der Waals surface area contributed by atoms with E-state index in [0.717, 1.165) is 27.6 Å². The van der Waals surface area contributed by atoms with Crippen molar-refractivity contribution in [2.75, 3.05) is 0 Å². The van der Waals surface area contributed by atoms with Gasteiger partial charge in [0.05, 0.1) is 55.0 Å². The number of para-hydroxylation sites is 1. The molecular weight excluding hydrogens is 781 g/mol. The second-order valence-corrected chi connectivity index (χ2v) is 29.8. The zero-order valence-electron chi connectivity index (χ0n) is 34.7. The van der Waals surface area contributed by atoms with E-state index in [0.29, 0.717) is 0 Å². The summed E-state index contributed by atoms with van der Waals surface area (Å²) in [5, 5.41) is 13.1. The van der Waals surface area contributed by atoms with Gasteiger partial charge in [0, 0.05) is 47.1 Å². The summed E-state index contributed by atoms with van der Waals surface area (Å²) in [4.78, 5) is 0. The van der Waals surface area contributed by atoms with Crippen LogP contribution in [0.4, 0.5) is 0 Å². The van der Waals surface area contributed by atoms with Crippen molar-refractivity contribution in [1.29, 1.82) is 0 Å². The molecule has 0 spiro atoms. The number of furan rings is 1. The lowest BCUT2D eigenvalue weighted by Gasteiger charge is -2.17. The molecule has 290 valence electrons. The van der Waals surface area contributed by atoms with E-state index in [4.69, 9.17) is 4.42 Å². The van der Waals surface area contributed by atoms with Gasteiger partial charge >= 0.3 is 0 Å². The summed E-state index contributed by atoms with van der Waals surface area (Å²) in [6.07, 6.45) is 0. The normalized spacial score (nSPS) is 12.8.